The average Bonchev–Trinajstić information content (AvgIpc) is 3.17. The van der Waals surface area contributed by atoms with Crippen molar-refractivity contribution in [1.82, 2.24) is 20.4 Å². The van der Waals surface area contributed by atoms with E-state index in [0.717, 1.165) is 36.9 Å². The smallest absolute Gasteiger partial charge is 0.191 e. The number of benzene rings is 2. The number of guanidine groups is 1. The standard InChI is InChI=1S/C23H29N5O/c1-3-24-23(26-17-21-14-16-27-28(21)2)25-15-13-19-9-11-22(12-10-19)29-18-20-7-5-4-6-8-20/h4-12,14,16H,3,13,15,17-18H2,1-2H3,(H2,24,25,26). The molecule has 0 radical (unpaired) electrons. The van der Waals surface area contributed by atoms with Gasteiger partial charge in [-0.15, -0.1) is 0 Å². The Hall–Kier alpha value is -3.28. The molecule has 0 saturated heterocycles. The molecule has 3 rings (SSSR count). The third kappa shape index (κ3) is 6.68. The number of aliphatic imine (C=N–C) groups is 1. The third-order valence-electron chi connectivity index (χ3n) is 4.54. The first kappa shape index (κ1) is 20.5. The summed E-state index contributed by atoms with van der Waals surface area (Å²) in [5.41, 5.74) is 3.50. The summed E-state index contributed by atoms with van der Waals surface area (Å²) in [6.07, 6.45) is 2.70. The van der Waals surface area contributed by atoms with Crippen LogP contribution in [0.4, 0.5) is 0 Å². The predicted octanol–water partition coefficient (Wildman–Crippen LogP) is 3.30. The van der Waals surface area contributed by atoms with E-state index in [4.69, 9.17) is 4.74 Å². The molecule has 0 aliphatic carbocycles. The van der Waals surface area contributed by atoms with Crippen LogP contribution in [0, 0.1) is 0 Å². The molecule has 152 valence electrons. The van der Waals surface area contributed by atoms with Gasteiger partial charge in [-0.05, 0) is 42.7 Å². The lowest BCUT2D eigenvalue weighted by Gasteiger charge is -2.12. The summed E-state index contributed by atoms with van der Waals surface area (Å²) in [7, 11) is 1.93. The Morgan fingerprint density at radius 3 is 2.48 bits per heavy atom. The molecule has 1 heterocycles. The molecule has 0 bridgehead atoms. The number of hydrogen-bond acceptors (Lipinski definition) is 3. The summed E-state index contributed by atoms with van der Waals surface area (Å²) in [4.78, 5) is 4.63. The summed E-state index contributed by atoms with van der Waals surface area (Å²) in [5.74, 6) is 1.70. The van der Waals surface area contributed by atoms with E-state index in [1.165, 1.54) is 11.1 Å². The molecule has 1 aromatic heterocycles. The molecule has 0 aliphatic heterocycles. The topological polar surface area (TPSA) is 63.5 Å². The van der Waals surface area contributed by atoms with E-state index < -0.39 is 0 Å². The van der Waals surface area contributed by atoms with Crippen molar-refractivity contribution in [3.63, 3.8) is 0 Å². The molecule has 0 aliphatic rings. The van der Waals surface area contributed by atoms with Gasteiger partial charge in [-0.2, -0.15) is 5.10 Å². The van der Waals surface area contributed by atoms with Crippen molar-refractivity contribution < 1.29 is 4.74 Å². The molecule has 2 N–H and O–H groups in total. The fraction of sp³-hybridized carbons (Fsp3) is 0.304. The van der Waals surface area contributed by atoms with Crippen LogP contribution in [0.1, 0.15) is 23.7 Å². The highest BCUT2D eigenvalue weighted by Gasteiger charge is 2.01. The zero-order chi connectivity index (χ0) is 20.3. The first-order valence-corrected chi connectivity index (χ1v) is 9.99. The number of aromatic nitrogens is 2. The maximum atomic E-state index is 5.85. The van der Waals surface area contributed by atoms with Crippen LogP contribution in [0.5, 0.6) is 5.75 Å². The van der Waals surface area contributed by atoms with Crippen LogP contribution in [0.2, 0.25) is 0 Å². The number of nitrogens with one attached hydrogen (secondary N) is 2. The summed E-state index contributed by atoms with van der Waals surface area (Å²) in [6, 6.07) is 20.5. The van der Waals surface area contributed by atoms with Crippen LogP contribution in [0.15, 0.2) is 71.9 Å². The molecule has 6 heteroatoms. The van der Waals surface area contributed by atoms with Crippen molar-refractivity contribution in [3.05, 3.63) is 83.7 Å². The Kier molecular flexibility index (Phi) is 7.69. The summed E-state index contributed by atoms with van der Waals surface area (Å²) in [5, 5.41) is 10.8. The van der Waals surface area contributed by atoms with Gasteiger partial charge >= 0.3 is 0 Å². The van der Waals surface area contributed by atoms with Crippen molar-refractivity contribution in [1.29, 1.82) is 0 Å². The first-order chi connectivity index (χ1) is 14.2. The Morgan fingerprint density at radius 2 is 1.79 bits per heavy atom. The fourth-order valence-corrected chi connectivity index (χ4v) is 2.88. The zero-order valence-corrected chi connectivity index (χ0v) is 17.1. The highest BCUT2D eigenvalue weighted by atomic mass is 16.5. The van der Waals surface area contributed by atoms with Gasteiger partial charge in [0.1, 0.15) is 12.4 Å². The van der Waals surface area contributed by atoms with E-state index in [9.17, 15) is 0 Å². The lowest BCUT2D eigenvalue weighted by atomic mass is 10.1. The molecule has 0 unspecified atom stereocenters. The minimum absolute atomic E-state index is 0.584. The van der Waals surface area contributed by atoms with Gasteiger partial charge in [-0.1, -0.05) is 42.5 Å². The second-order valence-electron chi connectivity index (χ2n) is 6.74. The minimum atomic E-state index is 0.584. The second kappa shape index (κ2) is 10.9. The highest BCUT2D eigenvalue weighted by Crippen LogP contribution is 2.14. The Balaban J connectivity index is 1.45. The van der Waals surface area contributed by atoms with Gasteiger partial charge in [0, 0.05) is 26.3 Å². The van der Waals surface area contributed by atoms with Gasteiger partial charge in [0.25, 0.3) is 0 Å². The van der Waals surface area contributed by atoms with Crippen molar-refractivity contribution in [2.45, 2.75) is 26.5 Å². The van der Waals surface area contributed by atoms with Gasteiger partial charge in [0.05, 0.1) is 12.2 Å². The van der Waals surface area contributed by atoms with E-state index in [2.05, 4.69) is 51.9 Å². The SMILES string of the molecule is CCNC(=NCc1ccnn1C)NCCc1ccc(OCc2ccccc2)cc1. The molecule has 3 aromatic rings. The first-order valence-electron chi connectivity index (χ1n) is 9.99. The Labute approximate surface area is 172 Å². The maximum absolute atomic E-state index is 5.85. The number of rotatable bonds is 9. The molecule has 0 saturated carbocycles. The summed E-state index contributed by atoms with van der Waals surface area (Å²) >= 11 is 0. The molecular formula is C23H29N5O. The van der Waals surface area contributed by atoms with Crippen molar-refractivity contribution in [2.24, 2.45) is 12.0 Å². The fourth-order valence-electron chi connectivity index (χ4n) is 2.88. The molecule has 6 nitrogen and oxygen atoms in total. The molecular weight excluding hydrogens is 362 g/mol. The number of ether oxygens (including phenoxy) is 1. The monoisotopic (exact) mass is 391 g/mol. The van der Waals surface area contributed by atoms with Crippen LogP contribution in [-0.2, 0) is 26.6 Å². The largest absolute Gasteiger partial charge is 0.489 e. The number of aryl methyl sites for hydroxylation is 1. The van der Waals surface area contributed by atoms with Gasteiger partial charge in [-0.3, -0.25) is 4.68 Å². The van der Waals surface area contributed by atoms with Crippen LogP contribution < -0.4 is 15.4 Å². The van der Waals surface area contributed by atoms with Gasteiger partial charge in [-0.25, -0.2) is 4.99 Å². The molecule has 0 atom stereocenters. The third-order valence-corrected chi connectivity index (χ3v) is 4.54. The van der Waals surface area contributed by atoms with Crippen LogP contribution in [0.25, 0.3) is 0 Å². The summed E-state index contributed by atoms with van der Waals surface area (Å²) in [6.45, 7) is 4.88. The summed E-state index contributed by atoms with van der Waals surface area (Å²) < 4.78 is 7.69. The van der Waals surface area contributed by atoms with Crippen LogP contribution in [0.3, 0.4) is 0 Å². The molecule has 0 amide bonds. The van der Waals surface area contributed by atoms with Gasteiger partial charge in [0.2, 0.25) is 0 Å². The Morgan fingerprint density at radius 1 is 1.00 bits per heavy atom. The van der Waals surface area contributed by atoms with Gasteiger partial charge < -0.3 is 15.4 Å². The second-order valence-corrected chi connectivity index (χ2v) is 6.74. The predicted molar refractivity (Wildman–Crippen MR) is 117 cm³/mol. The molecule has 0 fully saturated rings. The molecule has 29 heavy (non-hydrogen) atoms. The van der Waals surface area contributed by atoms with E-state index in [0.29, 0.717) is 13.2 Å². The van der Waals surface area contributed by atoms with Crippen molar-refractivity contribution in [2.75, 3.05) is 13.1 Å². The lowest BCUT2D eigenvalue weighted by Crippen LogP contribution is -2.38. The normalized spacial score (nSPS) is 11.3. The average molecular weight is 392 g/mol. The minimum Gasteiger partial charge on any atom is -0.489 e. The van der Waals surface area contributed by atoms with E-state index >= 15 is 0 Å². The highest BCUT2D eigenvalue weighted by molar-refractivity contribution is 5.79. The van der Waals surface area contributed by atoms with E-state index in [1.807, 2.05) is 48.1 Å². The van der Waals surface area contributed by atoms with E-state index in [1.54, 1.807) is 6.20 Å². The number of nitrogens with zero attached hydrogens (tertiary/aromatic N) is 3. The molecule has 0 spiro atoms. The Bertz CT molecular complexity index is 887. The van der Waals surface area contributed by atoms with E-state index in [-0.39, 0.29) is 0 Å². The lowest BCUT2D eigenvalue weighted by molar-refractivity contribution is 0.306. The van der Waals surface area contributed by atoms with Crippen molar-refractivity contribution in [3.8, 4) is 5.75 Å². The maximum Gasteiger partial charge on any atom is 0.191 e. The molecule has 2 aromatic carbocycles. The van der Waals surface area contributed by atoms with Crippen molar-refractivity contribution >= 4 is 5.96 Å². The zero-order valence-electron chi connectivity index (χ0n) is 17.1. The quantitative estimate of drug-likeness (QED) is 0.434. The van der Waals surface area contributed by atoms with Crippen LogP contribution in [-0.4, -0.2) is 28.8 Å². The van der Waals surface area contributed by atoms with Gasteiger partial charge in [0.15, 0.2) is 5.96 Å². The van der Waals surface area contributed by atoms with Crippen LogP contribution >= 0.6 is 0 Å². The number of hydrogen-bond donors (Lipinski definition) is 2.